The molecule has 0 amide bonds. The molecular formula is C28H34F6N8O4S2. The Hall–Kier alpha value is -3.88. The largest absolute Gasteiger partial charge is 0.453 e. The number of hydrogen-bond donors (Lipinski definition) is 2. The number of sulfonamides is 2. The quantitative estimate of drug-likeness (QED) is 0.213. The van der Waals surface area contributed by atoms with Crippen molar-refractivity contribution in [1.29, 1.82) is 0 Å². The van der Waals surface area contributed by atoms with Crippen molar-refractivity contribution in [3.05, 3.63) is 71.8 Å². The van der Waals surface area contributed by atoms with E-state index in [2.05, 4.69) is 20.2 Å². The molecule has 4 N–H and O–H groups in total. The highest BCUT2D eigenvalue weighted by atomic mass is 32.2. The van der Waals surface area contributed by atoms with Gasteiger partial charge in [0.25, 0.3) is 11.6 Å². The number of nitrogens with two attached hydrogens (primary N) is 2. The highest BCUT2D eigenvalue weighted by Gasteiger charge is 2.38. The second-order valence-corrected chi connectivity index (χ2v) is 14.4. The normalized spacial score (nSPS) is 13.4. The molecule has 0 bridgehead atoms. The fourth-order valence-electron chi connectivity index (χ4n) is 4.06. The van der Waals surface area contributed by atoms with Crippen LogP contribution in [0, 0.1) is 11.8 Å². The van der Waals surface area contributed by atoms with Crippen LogP contribution in [0.4, 0.5) is 26.3 Å². The number of primary sulfonamides is 2. The molecule has 48 heavy (non-hydrogen) atoms. The van der Waals surface area contributed by atoms with Crippen LogP contribution in [0.3, 0.4) is 0 Å². The minimum absolute atomic E-state index is 0.123. The second-order valence-electron chi connectivity index (χ2n) is 11.3. The lowest BCUT2D eigenvalue weighted by atomic mass is 10.1. The van der Waals surface area contributed by atoms with E-state index in [1.807, 2.05) is 27.7 Å². The van der Waals surface area contributed by atoms with Gasteiger partial charge in [-0.05, 0) is 66.8 Å². The average Bonchev–Trinajstić information content (AvgIpc) is 3.61. The Morgan fingerprint density at radius 3 is 1.40 bits per heavy atom. The van der Waals surface area contributed by atoms with E-state index < -0.39 is 44.0 Å². The van der Waals surface area contributed by atoms with Crippen LogP contribution in [0.5, 0.6) is 0 Å². The fraction of sp³-hybridized carbons (Fsp3) is 0.429. The minimum Gasteiger partial charge on any atom is -0.225 e. The molecule has 4 aromatic rings. The van der Waals surface area contributed by atoms with Crippen LogP contribution < -0.4 is 10.3 Å². The van der Waals surface area contributed by atoms with E-state index in [-0.39, 0.29) is 44.7 Å². The van der Waals surface area contributed by atoms with Crippen molar-refractivity contribution < 1.29 is 43.2 Å². The Kier molecular flexibility index (Phi) is 11.8. The van der Waals surface area contributed by atoms with Crippen molar-refractivity contribution in [2.24, 2.45) is 22.1 Å². The third-order valence-corrected chi connectivity index (χ3v) is 8.71. The van der Waals surface area contributed by atoms with Crippen LogP contribution in [0.1, 0.15) is 63.8 Å². The summed E-state index contributed by atoms with van der Waals surface area (Å²) in [4.78, 5) is 6.92. The zero-order chi connectivity index (χ0) is 36.2. The first-order valence-electron chi connectivity index (χ1n) is 14.3. The van der Waals surface area contributed by atoms with Crippen LogP contribution in [-0.4, -0.2) is 46.4 Å². The summed E-state index contributed by atoms with van der Waals surface area (Å²) in [6.45, 7) is 7.73. The van der Waals surface area contributed by atoms with Crippen LogP contribution in [0.15, 0.2) is 58.3 Å². The molecule has 0 spiro atoms. The molecule has 20 heteroatoms. The number of benzene rings is 2. The Bertz CT molecular complexity index is 1900. The number of halogens is 6. The molecule has 2 heterocycles. The molecule has 4 rings (SSSR count). The predicted octanol–water partition coefficient (Wildman–Crippen LogP) is 5.04. The van der Waals surface area contributed by atoms with Gasteiger partial charge in [-0.15, -0.1) is 10.2 Å². The maximum atomic E-state index is 12.9. The third kappa shape index (κ3) is 10.3. The predicted molar refractivity (Wildman–Crippen MR) is 162 cm³/mol. The molecule has 0 aliphatic rings. The first-order chi connectivity index (χ1) is 22.0. The van der Waals surface area contributed by atoms with Crippen LogP contribution in [0.2, 0.25) is 0 Å². The lowest BCUT2D eigenvalue weighted by molar-refractivity contribution is -0.145. The standard InChI is InChI=1S/2C14H17F3N4O2S/c1-9(2)3-8-12-19-13(14(15,16)17)20-21(12)10-4-6-11(7-5-10)24(18,22)23;1-3-9(2)8-12-19-13(14(15,16)17)20-21(12)10-4-6-11(7-5-10)24(18,22)23/h2*4-7,9H,3,8H2,1-2H3,(H2,18,22,23). The Morgan fingerprint density at radius 2 is 1.06 bits per heavy atom. The van der Waals surface area contributed by atoms with Gasteiger partial charge in [0, 0.05) is 12.8 Å². The highest BCUT2D eigenvalue weighted by molar-refractivity contribution is 7.89. The van der Waals surface area contributed by atoms with Gasteiger partial charge in [-0.1, -0.05) is 34.1 Å². The molecule has 2 aromatic heterocycles. The number of aryl methyl sites for hydroxylation is 1. The van der Waals surface area contributed by atoms with E-state index in [1.54, 1.807) is 0 Å². The highest BCUT2D eigenvalue weighted by Crippen LogP contribution is 2.29. The van der Waals surface area contributed by atoms with Gasteiger partial charge in [0.1, 0.15) is 11.6 Å². The van der Waals surface area contributed by atoms with Crippen LogP contribution in [-0.2, 0) is 45.2 Å². The average molecular weight is 725 g/mol. The Balaban J connectivity index is 0.000000260. The topological polar surface area (TPSA) is 182 Å². The molecule has 1 atom stereocenters. The van der Waals surface area contributed by atoms with E-state index >= 15 is 0 Å². The van der Waals surface area contributed by atoms with Gasteiger partial charge < -0.3 is 0 Å². The first kappa shape index (κ1) is 38.6. The van der Waals surface area contributed by atoms with E-state index in [4.69, 9.17) is 10.3 Å². The summed E-state index contributed by atoms with van der Waals surface area (Å²) in [6.07, 6.45) is -7.26. The number of nitrogens with zero attached hydrogens (tertiary/aromatic N) is 6. The molecule has 12 nitrogen and oxygen atoms in total. The first-order valence-corrected chi connectivity index (χ1v) is 17.4. The summed E-state index contributed by atoms with van der Waals surface area (Å²) in [6, 6.07) is 10.2. The van der Waals surface area contributed by atoms with Gasteiger partial charge in [-0.25, -0.2) is 46.4 Å². The molecule has 0 saturated heterocycles. The molecule has 2 aromatic carbocycles. The lowest BCUT2D eigenvalue weighted by Gasteiger charge is -2.10. The summed E-state index contributed by atoms with van der Waals surface area (Å²) in [5.41, 5.74) is 0.563. The number of aromatic nitrogens is 6. The van der Waals surface area contributed by atoms with Gasteiger partial charge in [0.15, 0.2) is 0 Å². The molecule has 0 aliphatic heterocycles. The smallest absolute Gasteiger partial charge is 0.225 e. The number of alkyl halides is 6. The molecule has 0 saturated carbocycles. The summed E-state index contributed by atoms with van der Waals surface area (Å²) < 4.78 is 125. The maximum Gasteiger partial charge on any atom is 0.453 e. The lowest BCUT2D eigenvalue weighted by Crippen LogP contribution is -2.12. The zero-order valence-electron chi connectivity index (χ0n) is 26.2. The number of rotatable bonds is 10. The summed E-state index contributed by atoms with van der Waals surface area (Å²) in [7, 11) is -7.75. The van der Waals surface area contributed by atoms with E-state index in [0.29, 0.717) is 19.3 Å². The monoisotopic (exact) mass is 724 g/mol. The van der Waals surface area contributed by atoms with Crippen molar-refractivity contribution in [3.63, 3.8) is 0 Å². The van der Waals surface area contributed by atoms with E-state index in [9.17, 15) is 43.2 Å². The summed E-state index contributed by atoms with van der Waals surface area (Å²) in [5.74, 6) is -1.71. The number of hydrogen-bond acceptors (Lipinski definition) is 8. The third-order valence-electron chi connectivity index (χ3n) is 6.85. The van der Waals surface area contributed by atoms with Crippen molar-refractivity contribution in [2.45, 2.75) is 75.5 Å². The zero-order valence-corrected chi connectivity index (χ0v) is 27.8. The fourth-order valence-corrected chi connectivity index (χ4v) is 5.10. The van der Waals surface area contributed by atoms with Crippen LogP contribution >= 0.6 is 0 Å². The van der Waals surface area contributed by atoms with Crippen molar-refractivity contribution in [1.82, 2.24) is 29.5 Å². The second kappa shape index (κ2) is 14.7. The van der Waals surface area contributed by atoms with Crippen molar-refractivity contribution in [3.8, 4) is 11.4 Å². The van der Waals surface area contributed by atoms with Gasteiger partial charge in [0.05, 0.1) is 21.2 Å². The Labute approximate surface area is 273 Å². The van der Waals surface area contributed by atoms with Gasteiger partial charge in [0.2, 0.25) is 20.0 Å². The van der Waals surface area contributed by atoms with Crippen molar-refractivity contribution >= 4 is 20.0 Å². The SMILES string of the molecule is CC(C)CCc1nc(C(F)(F)F)nn1-c1ccc(S(N)(=O)=O)cc1.CCC(C)Cc1nc(C(F)(F)F)nn1-c1ccc(S(N)(=O)=O)cc1. The maximum absolute atomic E-state index is 12.9. The minimum atomic E-state index is -4.66. The molecule has 0 radical (unpaired) electrons. The molecular weight excluding hydrogens is 690 g/mol. The van der Waals surface area contributed by atoms with Gasteiger partial charge in [-0.3, -0.25) is 0 Å². The molecule has 0 aliphatic carbocycles. The molecule has 1 unspecified atom stereocenters. The summed E-state index contributed by atoms with van der Waals surface area (Å²) in [5, 5.41) is 17.1. The van der Waals surface area contributed by atoms with Crippen molar-refractivity contribution in [2.75, 3.05) is 0 Å². The van der Waals surface area contributed by atoms with E-state index in [1.165, 1.54) is 48.5 Å². The summed E-state index contributed by atoms with van der Waals surface area (Å²) >= 11 is 0. The van der Waals surface area contributed by atoms with Gasteiger partial charge in [-0.2, -0.15) is 26.3 Å². The van der Waals surface area contributed by atoms with Crippen LogP contribution in [0.25, 0.3) is 11.4 Å². The molecule has 264 valence electrons. The Morgan fingerprint density at radius 1 is 0.688 bits per heavy atom. The molecule has 0 fully saturated rings. The van der Waals surface area contributed by atoms with Gasteiger partial charge >= 0.3 is 12.4 Å². The van der Waals surface area contributed by atoms with E-state index in [0.717, 1.165) is 15.8 Å².